The van der Waals surface area contributed by atoms with Crippen LogP contribution >= 0.6 is 0 Å². The molecule has 78 valence electrons. The molecule has 2 nitrogen and oxygen atoms in total. The monoisotopic (exact) mass is 202 g/mol. The highest BCUT2D eigenvalue weighted by Crippen LogP contribution is 2.31. The molecule has 2 heteroatoms. The minimum absolute atomic E-state index is 0.0219. The first-order valence-corrected chi connectivity index (χ1v) is 5.30. The molecule has 0 aliphatic heterocycles. The third-order valence-electron chi connectivity index (χ3n) is 3.14. The number of carbonyl (C=O) groups excluding carboxylic acids is 2. The van der Waals surface area contributed by atoms with Gasteiger partial charge in [0, 0.05) is 12.8 Å². The molecule has 1 fully saturated rings. The van der Waals surface area contributed by atoms with Crippen molar-refractivity contribution in [2.75, 3.05) is 0 Å². The van der Waals surface area contributed by atoms with E-state index >= 15 is 0 Å². The third kappa shape index (κ3) is 1.84. The Morgan fingerprint density at radius 2 is 1.60 bits per heavy atom. The molecule has 0 heterocycles. The lowest BCUT2D eigenvalue weighted by Crippen LogP contribution is -2.21. The van der Waals surface area contributed by atoms with Gasteiger partial charge in [-0.3, -0.25) is 9.59 Å². The van der Waals surface area contributed by atoms with Crippen LogP contribution in [0.5, 0.6) is 0 Å². The maximum atomic E-state index is 11.6. The topological polar surface area (TPSA) is 34.1 Å². The third-order valence-corrected chi connectivity index (χ3v) is 3.14. The molecule has 1 aromatic rings. The highest BCUT2D eigenvalue weighted by Gasteiger charge is 2.37. The van der Waals surface area contributed by atoms with Crippen molar-refractivity contribution in [3.8, 4) is 0 Å². The standard InChI is InChI=1S/C13H14O2/c1-9(10-5-3-2-4-6-10)13-11(14)7-8-12(13)15/h2-6,9,13H,7-8H2,1H3. The maximum Gasteiger partial charge on any atom is 0.144 e. The zero-order valence-corrected chi connectivity index (χ0v) is 8.77. The molecule has 0 amide bonds. The van der Waals surface area contributed by atoms with E-state index in [4.69, 9.17) is 0 Å². The Morgan fingerprint density at radius 3 is 2.13 bits per heavy atom. The predicted molar refractivity (Wildman–Crippen MR) is 57.6 cm³/mol. The van der Waals surface area contributed by atoms with Crippen molar-refractivity contribution in [2.24, 2.45) is 5.92 Å². The van der Waals surface area contributed by atoms with Gasteiger partial charge in [0.05, 0.1) is 5.92 Å². The SMILES string of the molecule is CC(c1ccccc1)C1C(=O)CCC1=O. The lowest BCUT2D eigenvalue weighted by Gasteiger charge is -2.16. The van der Waals surface area contributed by atoms with Gasteiger partial charge in [0.2, 0.25) is 0 Å². The Balaban J connectivity index is 2.24. The lowest BCUT2D eigenvalue weighted by atomic mass is 9.85. The van der Waals surface area contributed by atoms with Crippen molar-refractivity contribution in [3.05, 3.63) is 35.9 Å². The summed E-state index contributed by atoms with van der Waals surface area (Å²) in [5.41, 5.74) is 1.08. The summed E-state index contributed by atoms with van der Waals surface area (Å²) in [4.78, 5) is 23.2. The number of carbonyl (C=O) groups is 2. The van der Waals surface area contributed by atoms with Gasteiger partial charge in [-0.1, -0.05) is 37.3 Å². The molecule has 1 aliphatic rings. The fourth-order valence-electron chi connectivity index (χ4n) is 2.24. The Hall–Kier alpha value is -1.44. The van der Waals surface area contributed by atoms with E-state index < -0.39 is 5.92 Å². The zero-order valence-electron chi connectivity index (χ0n) is 8.77. The van der Waals surface area contributed by atoms with Crippen LogP contribution in [-0.4, -0.2) is 11.6 Å². The van der Waals surface area contributed by atoms with Crippen LogP contribution in [0.15, 0.2) is 30.3 Å². The van der Waals surface area contributed by atoms with E-state index in [0.29, 0.717) is 12.8 Å². The van der Waals surface area contributed by atoms with Crippen molar-refractivity contribution in [2.45, 2.75) is 25.7 Å². The zero-order chi connectivity index (χ0) is 10.8. The molecule has 0 radical (unpaired) electrons. The minimum atomic E-state index is -0.396. The van der Waals surface area contributed by atoms with Gasteiger partial charge in [-0.15, -0.1) is 0 Å². The number of hydrogen-bond acceptors (Lipinski definition) is 2. The molecule has 1 saturated carbocycles. The van der Waals surface area contributed by atoms with E-state index in [1.807, 2.05) is 37.3 Å². The van der Waals surface area contributed by atoms with Crippen LogP contribution < -0.4 is 0 Å². The average Bonchev–Trinajstić information content (AvgIpc) is 2.59. The Bertz CT molecular complexity index is 365. The molecule has 1 aromatic carbocycles. The normalized spacial score (nSPS) is 19.5. The van der Waals surface area contributed by atoms with Crippen molar-refractivity contribution < 1.29 is 9.59 Å². The first-order chi connectivity index (χ1) is 7.20. The minimum Gasteiger partial charge on any atom is -0.299 e. The summed E-state index contributed by atoms with van der Waals surface area (Å²) < 4.78 is 0. The van der Waals surface area contributed by atoms with Gasteiger partial charge in [-0.2, -0.15) is 0 Å². The Kier molecular flexibility index (Phi) is 2.67. The first kappa shape index (κ1) is 10.1. The van der Waals surface area contributed by atoms with E-state index in [9.17, 15) is 9.59 Å². The van der Waals surface area contributed by atoms with Gasteiger partial charge >= 0.3 is 0 Å². The molecule has 0 bridgehead atoms. The van der Waals surface area contributed by atoms with Gasteiger partial charge < -0.3 is 0 Å². The Labute approximate surface area is 89.3 Å². The summed E-state index contributed by atoms with van der Waals surface area (Å²) >= 11 is 0. The van der Waals surface area contributed by atoms with E-state index in [1.54, 1.807) is 0 Å². The molecular weight excluding hydrogens is 188 g/mol. The highest BCUT2D eigenvalue weighted by molar-refractivity contribution is 6.09. The van der Waals surface area contributed by atoms with Crippen molar-refractivity contribution in [1.82, 2.24) is 0 Å². The second kappa shape index (κ2) is 3.97. The summed E-state index contributed by atoms with van der Waals surface area (Å²) in [6, 6.07) is 9.77. The summed E-state index contributed by atoms with van der Waals surface area (Å²) in [5, 5.41) is 0. The molecule has 2 rings (SSSR count). The van der Waals surface area contributed by atoms with Crippen LogP contribution in [0, 0.1) is 5.92 Å². The predicted octanol–water partition coefficient (Wildman–Crippen LogP) is 2.34. The summed E-state index contributed by atoms with van der Waals surface area (Å²) in [6.07, 6.45) is 0.862. The van der Waals surface area contributed by atoms with Crippen molar-refractivity contribution in [3.63, 3.8) is 0 Å². The van der Waals surface area contributed by atoms with Crippen LogP contribution in [-0.2, 0) is 9.59 Å². The maximum absolute atomic E-state index is 11.6. The number of benzene rings is 1. The van der Waals surface area contributed by atoms with Crippen LogP contribution in [0.1, 0.15) is 31.2 Å². The van der Waals surface area contributed by atoms with Crippen LogP contribution in [0.25, 0.3) is 0 Å². The van der Waals surface area contributed by atoms with E-state index in [1.165, 1.54) is 0 Å². The first-order valence-electron chi connectivity index (χ1n) is 5.30. The van der Waals surface area contributed by atoms with Gasteiger partial charge in [0.1, 0.15) is 11.6 Å². The fourth-order valence-corrected chi connectivity index (χ4v) is 2.24. The average molecular weight is 202 g/mol. The second-order valence-electron chi connectivity index (χ2n) is 4.11. The molecule has 0 N–H and O–H groups in total. The number of rotatable bonds is 2. The van der Waals surface area contributed by atoms with Crippen LogP contribution in [0.3, 0.4) is 0 Å². The molecule has 0 spiro atoms. The molecule has 0 aromatic heterocycles. The molecule has 0 saturated heterocycles. The van der Waals surface area contributed by atoms with Gasteiger partial charge in [0.25, 0.3) is 0 Å². The molecule has 1 aliphatic carbocycles. The largest absolute Gasteiger partial charge is 0.299 e. The molecule has 1 atom stereocenters. The van der Waals surface area contributed by atoms with Gasteiger partial charge in [-0.05, 0) is 11.5 Å². The molecule has 1 unspecified atom stereocenters. The molecule has 15 heavy (non-hydrogen) atoms. The van der Waals surface area contributed by atoms with Gasteiger partial charge in [0.15, 0.2) is 0 Å². The van der Waals surface area contributed by atoms with E-state index in [2.05, 4.69) is 0 Å². The lowest BCUT2D eigenvalue weighted by molar-refractivity contribution is -0.127. The quantitative estimate of drug-likeness (QED) is 0.690. The summed E-state index contributed by atoms with van der Waals surface area (Å²) in [7, 11) is 0. The van der Waals surface area contributed by atoms with Crippen LogP contribution in [0.2, 0.25) is 0 Å². The number of ketones is 2. The van der Waals surface area contributed by atoms with Crippen molar-refractivity contribution in [1.29, 1.82) is 0 Å². The fraction of sp³-hybridized carbons (Fsp3) is 0.385. The van der Waals surface area contributed by atoms with Crippen LogP contribution in [0.4, 0.5) is 0 Å². The highest BCUT2D eigenvalue weighted by atomic mass is 16.2. The molecular formula is C13H14O2. The van der Waals surface area contributed by atoms with E-state index in [0.717, 1.165) is 5.56 Å². The number of Topliss-reactive ketones (excluding diaryl/α,β-unsaturated/α-hetero) is 2. The summed E-state index contributed by atoms with van der Waals surface area (Å²) in [6.45, 7) is 1.96. The van der Waals surface area contributed by atoms with Crippen molar-refractivity contribution >= 4 is 11.6 Å². The summed E-state index contributed by atoms with van der Waals surface area (Å²) in [5.74, 6) is -0.159. The smallest absolute Gasteiger partial charge is 0.144 e. The van der Waals surface area contributed by atoms with Gasteiger partial charge in [-0.25, -0.2) is 0 Å². The Morgan fingerprint density at radius 1 is 1.07 bits per heavy atom. The van der Waals surface area contributed by atoms with E-state index in [-0.39, 0.29) is 17.5 Å². The number of hydrogen-bond donors (Lipinski definition) is 0. The second-order valence-corrected chi connectivity index (χ2v) is 4.11.